The number of ether oxygens (including phenoxy) is 1. The van der Waals surface area contributed by atoms with Crippen LogP contribution in [0.2, 0.25) is 0 Å². The third-order valence-electron chi connectivity index (χ3n) is 2.21. The molecule has 0 aliphatic heterocycles. The van der Waals surface area contributed by atoms with Crippen molar-refractivity contribution < 1.29 is 9.84 Å². The third kappa shape index (κ3) is 2.30. The van der Waals surface area contributed by atoms with E-state index in [1.807, 2.05) is 30.5 Å². The maximum atomic E-state index is 9.48. The van der Waals surface area contributed by atoms with Crippen LogP contribution in [0, 0.1) is 6.92 Å². The van der Waals surface area contributed by atoms with Gasteiger partial charge in [0.15, 0.2) is 0 Å². The summed E-state index contributed by atoms with van der Waals surface area (Å²) in [5.74, 6) is 1.02. The van der Waals surface area contributed by atoms with Gasteiger partial charge in [0.1, 0.15) is 18.1 Å². The molecule has 0 fully saturated rings. The predicted molar refractivity (Wildman–Crippen MR) is 61.5 cm³/mol. The van der Waals surface area contributed by atoms with Gasteiger partial charge in [0, 0.05) is 10.4 Å². The average Bonchev–Trinajstić information content (AvgIpc) is 2.73. The lowest BCUT2D eigenvalue weighted by Gasteiger charge is -2.08. The lowest BCUT2D eigenvalue weighted by Crippen LogP contribution is -1.94. The van der Waals surface area contributed by atoms with Gasteiger partial charge in [-0.1, -0.05) is 12.1 Å². The molecule has 0 aliphatic carbocycles. The molecule has 1 heterocycles. The quantitative estimate of drug-likeness (QED) is 0.859. The zero-order chi connectivity index (χ0) is 10.7. The lowest BCUT2D eigenvalue weighted by molar-refractivity contribution is 0.305. The van der Waals surface area contributed by atoms with Gasteiger partial charge in [-0.05, 0) is 30.5 Å². The van der Waals surface area contributed by atoms with Crippen molar-refractivity contribution in [1.82, 2.24) is 0 Å². The molecule has 0 amide bonds. The van der Waals surface area contributed by atoms with E-state index in [4.69, 9.17) is 4.74 Å². The van der Waals surface area contributed by atoms with Crippen LogP contribution >= 0.6 is 11.3 Å². The molecule has 0 saturated heterocycles. The monoisotopic (exact) mass is 220 g/mol. The first-order chi connectivity index (χ1) is 7.27. The molecule has 0 atom stereocenters. The van der Waals surface area contributed by atoms with E-state index in [1.54, 1.807) is 23.5 Å². The van der Waals surface area contributed by atoms with Crippen molar-refractivity contribution in [3.8, 4) is 11.5 Å². The van der Waals surface area contributed by atoms with E-state index in [-0.39, 0.29) is 5.75 Å². The Morgan fingerprint density at radius 1 is 1.27 bits per heavy atom. The van der Waals surface area contributed by atoms with Crippen LogP contribution in [0.15, 0.2) is 35.7 Å². The molecule has 78 valence electrons. The standard InChI is InChI=1S/C12H12O2S/c1-9-11(13)5-2-6-12(9)14-8-10-4-3-7-15-10/h2-7,13H,8H2,1H3. The van der Waals surface area contributed by atoms with Crippen LogP contribution in [-0.4, -0.2) is 5.11 Å². The van der Waals surface area contributed by atoms with Crippen LogP contribution in [0.3, 0.4) is 0 Å². The molecule has 0 radical (unpaired) electrons. The highest BCUT2D eigenvalue weighted by molar-refractivity contribution is 7.09. The summed E-state index contributed by atoms with van der Waals surface area (Å²) in [5, 5.41) is 11.5. The Morgan fingerprint density at radius 2 is 2.13 bits per heavy atom. The van der Waals surface area contributed by atoms with Crippen LogP contribution < -0.4 is 4.74 Å². The van der Waals surface area contributed by atoms with Crippen LogP contribution in [-0.2, 0) is 6.61 Å². The summed E-state index contributed by atoms with van der Waals surface area (Å²) in [4.78, 5) is 1.18. The van der Waals surface area contributed by atoms with Crippen LogP contribution in [0.4, 0.5) is 0 Å². The molecule has 2 nitrogen and oxygen atoms in total. The second-order valence-electron chi connectivity index (χ2n) is 3.27. The summed E-state index contributed by atoms with van der Waals surface area (Å²) in [7, 11) is 0. The highest BCUT2D eigenvalue weighted by atomic mass is 32.1. The normalized spacial score (nSPS) is 10.2. The molecule has 15 heavy (non-hydrogen) atoms. The van der Waals surface area contributed by atoms with Gasteiger partial charge in [-0.25, -0.2) is 0 Å². The summed E-state index contributed by atoms with van der Waals surface area (Å²) in [6, 6.07) is 9.34. The first-order valence-corrected chi connectivity index (χ1v) is 5.59. The maximum absolute atomic E-state index is 9.48. The molecular weight excluding hydrogens is 208 g/mol. The van der Waals surface area contributed by atoms with Crippen molar-refractivity contribution >= 4 is 11.3 Å². The number of rotatable bonds is 3. The number of aromatic hydroxyl groups is 1. The summed E-state index contributed by atoms with van der Waals surface area (Å²) in [5.41, 5.74) is 0.786. The Kier molecular flexibility index (Phi) is 2.92. The fourth-order valence-corrected chi connectivity index (χ4v) is 1.92. The van der Waals surface area contributed by atoms with Crippen LogP contribution in [0.1, 0.15) is 10.4 Å². The Balaban J connectivity index is 2.08. The Hall–Kier alpha value is -1.48. The first kappa shape index (κ1) is 10.1. The second kappa shape index (κ2) is 4.36. The van der Waals surface area contributed by atoms with E-state index in [0.29, 0.717) is 6.61 Å². The van der Waals surface area contributed by atoms with Gasteiger partial charge in [0.25, 0.3) is 0 Å². The molecule has 0 unspecified atom stereocenters. The molecule has 0 spiro atoms. The molecule has 1 aromatic carbocycles. The highest BCUT2D eigenvalue weighted by Crippen LogP contribution is 2.26. The first-order valence-electron chi connectivity index (χ1n) is 4.71. The summed E-state index contributed by atoms with van der Waals surface area (Å²) in [6.45, 7) is 2.40. The number of benzene rings is 1. The van der Waals surface area contributed by atoms with E-state index < -0.39 is 0 Å². The van der Waals surface area contributed by atoms with Gasteiger partial charge in [-0.3, -0.25) is 0 Å². The number of hydrogen-bond donors (Lipinski definition) is 1. The lowest BCUT2D eigenvalue weighted by atomic mass is 10.2. The number of thiophene rings is 1. The second-order valence-corrected chi connectivity index (χ2v) is 4.30. The van der Waals surface area contributed by atoms with Gasteiger partial charge in [0.05, 0.1) is 0 Å². The molecule has 3 heteroatoms. The van der Waals surface area contributed by atoms with Gasteiger partial charge >= 0.3 is 0 Å². The highest BCUT2D eigenvalue weighted by Gasteiger charge is 2.03. The maximum Gasteiger partial charge on any atom is 0.126 e. The van der Waals surface area contributed by atoms with E-state index >= 15 is 0 Å². The number of phenols is 1. The average molecular weight is 220 g/mol. The van der Waals surface area contributed by atoms with Crippen molar-refractivity contribution in [2.45, 2.75) is 13.5 Å². The van der Waals surface area contributed by atoms with E-state index in [1.165, 1.54) is 4.88 Å². The molecule has 0 saturated carbocycles. The third-order valence-corrected chi connectivity index (χ3v) is 3.06. The van der Waals surface area contributed by atoms with Crippen molar-refractivity contribution in [2.24, 2.45) is 0 Å². The molecule has 2 aromatic rings. The fourth-order valence-electron chi connectivity index (χ4n) is 1.30. The smallest absolute Gasteiger partial charge is 0.126 e. The molecule has 1 aromatic heterocycles. The van der Waals surface area contributed by atoms with Crippen molar-refractivity contribution in [3.05, 3.63) is 46.2 Å². The van der Waals surface area contributed by atoms with Crippen LogP contribution in [0.25, 0.3) is 0 Å². The van der Waals surface area contributed by atoms with Crippen LogP contribution in [0.5, 0.6) is 11.5 Å². The minimum atomic E-state index is 0.277. The van der Waals surface area contributed by atoms with E-state index in [9.17, 15) is 5.11 Å². The minimum absolute atomic E-state index is 0.277. The van der Waals surface area contributed by atoms with Gasteiger partial charge in [-0.2, -0.15) is 0 Å². The number of phenolic OH excluding ortho intramolecular Hbond substituents is 1. The zero-order valence-corrected chi connectivity index (χ0v) is 9.25. The summed E-state index contributed by atoms with van der Waals surface area (Å²) < 4.78 is 5.61. The molecule has 0 bridgehead atoms. The van der Waals surface area contributed by atoms with Gasteiger partial charge in [0.2, 0.25) is 0 Å². The number of hydrogen-bond acceptors (Lipinski definition) is 3. The molecule has 1 N–H and O–H groups in total. The minimum Gasteiger partial charge on any atom is -0.508 e. The Labute approximate surface area is 92.8 Å². The topological polar surface area (TPSA) is 29.5 Å². The Morgan fingerprint density at radius 3 is 2.87 bits per heavy atom. The Bertz CT molecular complexity index is 435. The molecule has 0 aliphatic rings. The van der Waals surface area contributed by atoms with E-state index in [0.717, 1.165) is 11.3 Å². The molecule has 2 rings (SSSR count). The SMILES string of the molecule is Cc1c(O)cccc1OCc1cccs1. The van der Waals surface area contributed by atoms with E-state index in [2.05, 4.69) is 0 Å². The van der Waals surface area contributed by atoms with Crippen molar-refractivity contribution in [3.63, 3.8) is 0 Å². The largest absolute Gasteiger partial charge is 0.508 e. The fraction of sp³-hybridized carbons (Fsp3) is 0.167. The van der Waals surface area contributed by atoms with Crippen molar-refractivity contribution in [2.75, 3.05) is 0 Å². The van der Waals surface area contributed by atoms with Gasteiger partial charge < -0.3 is 9.84 Å². The predicted octanol–water partition coefficient (Wildman–Crippen LogP) is 3.34. The summed E-state index contributed by atoms with van der Waals surface area (Å²) in [6.07, 6.45) is 0. The zero-order valence-electron chi connectivity index (χ0n) is 8.43. The van der Waals surface area contributed by atoms with Crippen molar-refractivity contribution in [1.29, 1.82) is 0 Å². The summed E-state index contributed by atoms with van der Waals surface area (Å²) >= 11 is 1.66. The van der Waals surface area contributed by atoms with Gasteiger partial charge in [-0.15, -0.1) is 11.3 Å². The molecular formula is C12H12O2S.